The van der Waals surface area contributed by atoms with E-state index in [0.29, 0.717) is 11.3 Å². The summed E-state index contributed by atoms with van der Waals surface area (Å²) in [6.07, 6.45) is 2.13. The zero-order chi connectivity index (χ0) is 16.0. The minimum absolute atomic E-state index is 0.0806. The summed E-state index contributed by atoms with van der Waals surface area (Å²) in [5.41, 5.74) is 0.443. The summed E-state index contributed by atoms with van der Waals surface area (Å²) in [6.45, 7) is 1.63. The van der Waals surface area contributed by atoms with E-state index >= 15 is 0 Å². The molecule has 0 heterocycles. The number of benzene rings is 1. The first-order valence-electron chi connectivity index (χ1n) is 6.14. The second kappa shape index (κ2) is 7.63. The van der Waals surface area contributed by atoms with Crippen LogP contribution in [0.2, 0.25) is 0 Å². The lowest BCUT2D eigenvalue weighted by Crippen LogP contribution is -2.41. The number of thioether (sulfide) groups is 1. The molecule has 0 radical (unpaired) electrons. The number of carbonyl (C=O) groups excluding carboxylic acids is 1. The molecule has 0 aliphatic rings. The molecule has 0 saturated heterocycles. The molecule has 0 aliphatic heterocycles. The maximum absolute atomic E-state index is 12.0. The summed E-state index contributed by atoms with van der Waals surface area (Å²) >= 11 is 1.48. The minimum Gasteiger partial charge on any atom is -0.480 e. The van der Waals surface area contributed by atoms with Gasteiger partial charge in [-0.1, -0.05) is 0 Å². The monoisotopic (exact) mass is 312 g/mol. The van der Waals surface area contributed by atoms with Crippen LogP contribution in [0.1, 0.15) is 22.3 Å². The van der Waals surface area contributed by atoms with Gasteiger partial charge in [-0.25, -0.2) is 4.79 Å². The van der Waals surface area contributed by atoms with Gasteiger partial charge in [-0.05, 0) is 37.0 Å². The summed E-state index contributed by atoms with van der Waals surface area (Å²) in [4.78, 5) is 33.3. The molecule has 0 aliphatic carbocycles. The van der Waals surface area contributed by atoms with Crippen molar-refractivity contribution < 1.29 is 19.6 Å². The van der Waals surface area contributed by atoms with Crippen LogP contribution in [0.4, 0.5) is 5.69 Å². The van der Waals surface area contributed by atoms with Crippen molar-refractivity contribution in [2.24, 2.45) is 0 Å². The zero-order valence-corrected chi connectivity index (χ0v) is 12.5. The second-order valence-corrected chi connectivity index (χ2v) is 5.45. The van der Waals surface area contributed by atoms with Crippen LogP contribution in [0.5, 0.6) is 0 Å². The molecule has 1 atom stereocenters. The van der Waals surface area contributed by atoms with Crippen LogP contribution in [0.25, 0.3) is 0 Å². The Bertz CT molecular complexity index is 561. The number of nitrogens with zero attached hydrogens (tertiary/aromatic N) is 1. The molecule has 1 aromatic carbocycles. The Balaban J connectivity index is 2.92. The molecule has 2 N–H and O–H groups in total. The summed E-state index contributed by atoms with van der Waals surface area (Å²) in [5, 5.41) is 22.2. The normalized spacial score (nSPS) is 11.7. The first kappa shape index (κ1) is 17.0. The number of carboxylic acid groups (broad SMARTS) is 1. The highest BCUT2D eigenvalue weighted by Crippen LogP contribution is 2.17. The van der Waals surface area contributed by atoms with Gasteiger partial charge in [0.25, 0.3) is 11.6 Å². The molecule has 1 amide bonds. The Hall–Kier alpha value is -2.09. The van der Waals surface area contributed by atoms with Gasteiger partial charge in [0, 0.05) is 17.7 Å². The number of nitro benzene ring substituents is 1. The molecular weight excluding hydrogens is 296 g/mol. The topological polar surface area (TPSA) is 110 Å². The van der Waals surface area contributed by atoms with Crippen LogP contribution >= 0.6 is 11.8 Å². The lowest BCUT2D eigenvalue weighted by molar-refractivity contribution is -0.384. The van der Waals surface area contributed by atoms with Gasteiger partial charge in [-0.2, -0.15) is 11.8 Å². The van der Waals surface area contributed by atoms with E-state index in [1.165, 1.54) is 23.9 Å². The predicted octanol–water partition coefficient (Wildman–Crippen LogP) is 1.84. The van der Waals surface area contributed by atoms with Crippen molar-refractivity contribution in [1.29, 1.82) is 0 Å². The molecule has 1 rings (SSSR count). The largest absolute Gasteiger partial charge is 0.480 e. The van der Waals surface area contributed by atoms with Crippen molar-refractivity contribution in [2.75, 3.05) is 12.0 Å². The van der Waals surface area contributed by atoms with Crippen LogP contribution < -0.4 is 5.32 Å². The molecule has 0 fully saturated rings. The van der Waals surface area contributed by atoms with E-state index in [1.807, 2.05) is 6.26 Å². The van der Waals surface area contributed by atoms with E-state index in [1.54, 1.807) is 6.92 Å². The van der Waals surface area contributed by atoms with Gasteiger partial charge >= 0.3 is 5.97 Å². The zero-order valence-electron chi connectivity index (χ0n) is 11.7. The number of aryl methyl sites for hydroxylation is 1. The van der Waals surface area contributed by atoms with E-state index in [9.17, 15) is 19.7 Å². The van der Waals surface area contributed by atoms with Crippen molar-refractivity contribution in [3.05, 3.63) is 39.4 Å². The second-order valence-electron chi connectivity index (χ2n) is 4.46. The van der Waals surface area contributed by atoms with Crippen molar-refractivity contribution in [3.63, 3.8) is 0 Å². The van der Waals surface area contributed by atoms with Crippen LogP contribution in [-0.4, -0.2) is 40.0 Å². The number of nitrogens with one attached hydrogen (secondary N) is 1. The van der Waals surface area contributed by atoms with Gasteiger partial charge in [0.15, 0.2) is 0 Å². The number of carboxylic acids is 1. The number of amides is 1. The average molecular weight is 312 g/mol. The fourth-order valence-electron chi connectivity index (χ4n) is 1.73. The summed E-state index contributed by atoms with van der Waals surface area (Å²) in [7, 11) is 0. The number of non-ortho nitro benzene ring substituents is 1. The Kier molecular flexibility index (Phi) is 6.16. The molecule has 0 spiro atoms. The molecule has 0 bridgehead atoms. The lowest BCUT2D eigenvalue weighted by Gasteiger charge is -2.14. The number of carbonyl (C=O) groups is 2. The Morgan fingerprint density at radius 3 is 2.62 bits per heavy atom. The first-order chi connectivity index (χ1) is 9.85. The molecule has 0 unspecified atom stereocenters. The summed E-state index contributed by atoms with van der Waals surface area (Å²) < 4.78 is 0. The van der Waals surface area contributed by atoms with E-state index in [4.69, 9.17) is 5.11 Å². The van der Waals surface area contributed by atoms with Crippen molar-refractivity contribution >= 4 is 29.3 Å². The molecule has 114 valence electrons. The summed E-state index contributed by atoms with van der Waals surface area (Å²) in [6, 6.07) is 2.95. The number of hydrogen-bond acceptors (Lipinski definition) is 5. The smallest absolute Gasteiger partial charge is 0.326 e. The van der Waals surface area contributed by atoms with E-state index in [0.717, 1.165) is 6.07 Å². The highest BCUT2D eigenvalue weighted by molar-refractivity contribution is 7.98. The van der Waals surface area contributed by atoms with Gasteiger partial charge in [-0.15, -0.1) is 0 Å². The van der Waals surface area contributed by atoms with Crippen LogP contribution in [0.15, 0.2) is 18.2 Å². The lowest BCUT2D eigenvalue weighted by atomic mass is 10.1. The van der Waals surface area contributed by atoms with Gasteiger partial charge in [0.1, 0.15) is 6.04 Å². The molecule has 7 nitrogen and oxygen atoms in total. The number of hydrogen-bond donors (Lipinski definition) is 2. The quantitative estimate of drug-likeness (QED) is 0.587. The van der Waals surface area contributed by atoms with E-state index in [2.05, 4.69) is 5.32 Å². The van der Waals surface area contributed by atoms with Gasteiger partial charge < -0.3 is 10.4 Å². The van der Waals surface area contributed by atoms with Gasteiger partial charge in [-0.3, -0.25) is 14.9 Å². The standard InChI is InChI=1S/C13H16N2O5S/c1-8-5-9(7-10(6-8)15(19)20)12(16)14-11(13(17)18)3-4-21-2/h5-7,11H,3-4H2,1-2H3,(H,14,16)(H,17,18)/t11-/m0/s1. The highest BCUT2D eigenvalue weighted by atomic mass is 32.2. The molecule has 0 saturated carbocycles. The maximum Gasteiger partial charge on any atom is 0.326 e. The van der Waals surface area contributed by atoms with Crippen molar-refractivity contribution in [3.8, 4) is 0 Å². The van der Waals surface area contributed by atoms with Crippen LogP contribution in [-0.2, 0) is 4.79 Å². The first-order valence-corrected chi connectivity index (χ1v) is 7.53. The fraction of sp³-hybridized carbons (Fsp3) is 0.385. The molecule has 21 heavy (non-hydrogen) atoms. The van der Waals surface area contributed by atoms with E-state index < -0.39 is 22.8 Å². The third kappa shape index (κ3) is 5.07. The maximum atomic E-state index is 12.0. The molecule has 0 aromatic heterocycles. The van der Waals surface area contributed by atoms with Crippen molar-refractivity contribution in [2.45, 2.75) is 19.4 Å². The third-order valence-corrected chi connectivity index (χ3v) is 3.39. The van der Waals surface area contributed by atoms with Gasteiger partial charge in [0.2, 0.25) is 0 Å². The average Bonchev–Trinajstić information content (AvgIpc) is 2.42. The third-order valence-electron chi connectivity index (χ3n) is 2.75. The minimum atomic E-state index is -1.13. The number of aliphatic carboxylic acids is 1. The Morgan fingerprint density at radius 2 is 2.10 bits per heavy atom. The number of nitro groups is 1. The predicted molar refractivity (Wildman–Crippen MR) is 79.7 cm³/mol. The number of rotatable bonds is 7. The van der Waals surface area contributed by atoms with Gasteiger partial charge in [0.05, 0.1) is 4.92 Å². The molecule has 8 heteroatoms. The van der Waals surface area contributed by atoms with Crippen molar-refractivity contribution in [1.82, 2.24) is 5.32 Å². The van der Waals surface area contributed by atoms with Crippen LogP contribution in [0, 0.1) is 17.0 Å². The summed E-state index contributed by atoms with van der Waals surface area (Å²) in [5.74, 6) is -1.17. The Labute approximate surface area is 125 Å². The van der Waals surface area contributed by atoms with E-state index in [-0.39, 0.29) is 17.7 Å². The molecular formula is C13H16N2O5S. The fourth-order valence-corrected chi connectivity index (χ4v) is 2.21. The highest BCUT2D eigenvalue weighted by Gasteiger charge is 2.21. The molecule has 1 aromatic rings. The van der Waals surface area contributed by atoms with Crippen LogP contribution in [0.3, 0.4) is 0 Å². The SMILES string of the molecule is CSCC[C@H](NC(=O)c1cc(C)cc([N+](=O)[O-])c1)C(=O)O. The Morgan fingerprint density at radius 1 is 1.43 bits per heavy atom.